The van der Waals surface area contributed by atoms with Crippen molar-refractivity contribution >= 4 is 5.91 Å². The van der Waals surface area contributed by atoms with Gasteiger partial charge in [-0.15, -0.1) is 0 Å². The van der Waals surface area contributed by atoms with E-state index in [9.17, 15) is 4.79 Å². The topological polar surface area (TPSA) is 64.8 Å². The molecule has 2 rings (SSSR count). The summed E-state index contributed by atoms with van der Waals surface area (Å²) in [5.74, 6) is -0.00157. The van der Waals surface area contributed by atoms with E-state index in [0.717, 1.165) is 0 Å². The number of carbonyl (C=O) groups excluding carboxylic acids is 1. The molecular formula is C11H20N2O3. The number of morpholine rings is 1. The zero-order chi connectivity index (χ0) is 11.8. The summed E-state index contributed by atoms with van der Waals surface area (Å²) in [6.07, 6.45) is 0.610. The fraction of sp³-hybridized carbons (Fsp3) is 0.909. The molecular weight excluding hydrogens is 208 g/mol. The lowest BCUT2D eigenvalue weighted by Crippen LogP contribution is -2.64. The van der Waals surface area contributed by atoms with Crippen LogP contribution in [0.1, 0.15) is 20.3 Å². The summed E-state index contributed by atoms with van der Waals surface area (Å²) in [7, 11) is 0. The van der Waals surface area contributed by atoms with Gasteiger partial charge in [0.1, 0.15) is 5.54 Å². The van der Waals surface area contributed by atoms with E-state index in [2.05, 4.69) is 0 Å². The number of rotatable bonds is 1. The quantitative estimate of drug-likeness (QED) is 0.671. The molecule has 0 spiro atoms. The molecule has 2 N–H and O–H groups in total. The largest absolute Gasteiger partial charge is 0.379 e. The van der Waals surface area contributed by atoms with Crippen molar-refractivity contribution in [1.29, 1.82) is 0 Å². The zero-order valence-electron chi connectivity index (χ0n) is 9.99. The zero-order valence-corrected chi connectivity index (χ0v) is 9.99. The Balaban J connectivity index is 2.13. The van der Waals surface area contributed by atoms with Crippen molar-refractivity contribution < 1.29 is 14.3 Å². The molecule has 0 aliphatic carbocycles. The van der Waals surface area contributed by atoms with Crippen LogP contribution >= 0.6 is 0 Å². The van der Waals surface area contributed by atoms with Crippen LogP contribution in [0.4, 0.5) is 0 Å². The summed E-state index contributed by atoms with van der Waals surface area (Å²) >= 11 is 0. The van der Waals surface area contributed by atoms with Gasteiger partial charge in [-0.2, -0.15) is 0 Å². The van der Waals surface area contributed by atoms with Gasteiger partial charge in [-0.3, -0.25) is 4.79 Å². The molecule has 1 atom stereocenters. The molecule has 92 valence electrons. The van der Waals surface area contributed by atoms with Crippen molar-refractivity contribution in [2.75, 3.05) is 33.0 Å². The van der Waals surface area contributed by atoms with Crippen LogP contribution in [-0.4, -0.2) is 54.9 Å². The van der Waals surface area contributed by atoms with Crippen molar-refractivity contribution in [1.82, 2.24) is 4.90 Å². The minimum Gasteiger partial charge on any atom is -0.379 e. The van der Waals surface area contributed by atoms with Gasteiger partial charge < -0.3 is 20.1 Å². The van der Waals surface area contributed by atoms with Gasteiger partial charge in [-0.05, 0) is 20.3 Å². The van der Waals surface area contributed by atoms with E-state index >= 15 is 0 Å². The fourth-order valence-corrected chi connectivity index (χ4v) is 2.25. The number of amides is 1. The van der Waals surface area contributed by atoms with Gasteiger partial charge in [0.25, 0.3) is 0 Å². The average Bonchev–Trinajstić information content (AvgIpc) is 2.65. The van der Waals surface area contributed by atoms with E-state index in [1.807, 2.05) is 18.7 Å². The number of ether oxygens (including phenoxy) is 2. The maximum Gasteiger partial charge on any atom is 0.245 e. The minimum atomic E-state index is -0.825. The highest BCUT2D eigenvalue weighted by molar-refractivity contribution is 5.87. The Morgan fingerprint density at radius 3 is 2.50 bits per heavy atom. The predicted octanol–water partition coefficient (Wildman–Crippen LogP) is -0.258. The van der Waals surface area contributed by atoms with E-state index in [4.69, 9.17) is 15.2 Å². The Kier molecular flexibility index (Phi) is 2.94. The molecule has 16 heavy (non-hydrogen) atoms. The molecule has 0 aromatic heterocycles. The first-order valence-corrected chi connectivity index (χ1v) is 5.72. The summed E-state index contributed by atoms with van der Waals surface area (Å²) in [5.41, 5.74) is 5.00. The van der Waals surface area contributed by atoms with Crippen molar-refractivity contribution in [3.63, 3.8) is 0 Å². The van der Waals surface area contributed by atoms with Crippen LogP contribution in [0.2, 0.25) is 0 Å². The lowest BCUT2D eigenvalue weighted by atomic mass is 9.93. The molecule has 1 amide bonds. The second-order valence-electron chi connectivity index (χ2n) is 5.28. The molecule has 0 saturated carbocycles. The van der Waals surface area contributed by atoms with Gasteiger partial charge in [-0.1, -0.05) is 0 Å². The van der Waals surface area contributed by atoms with Crippen molar-refractivity contribution in [3.8, 4) is 0 Å². The summed E-state index contributed by atoms with van der Waals surface area (Å²) in [6, 6.07) is 0. The summed E-state index contributed by atoms with van der Waals surface area (Å²) < 4.78 is 10.6. The molecule has 2 saturated heterocycles. The molecule has 2 aliphatic heterocycles. The van der Waals surface area contributed by atoms with Gasteiger partial charge in [0.2, 0.25) is 5.91 Å². The van der Waals surface area contributed by atoms with Crippen LogP contribution in [0.25, 0.3) is 0 Å². The first kappa shape index (κ1) is 11.8. The third-order valence-electron chi connectivity index (χ3n) is 3.37. The van der Waals surface area contributed by atoms with Crippen LogP contribution in [0.15, 0.2) is 0 Å². The van der Waals surface area contributed by atoms with Crippen LogP contribution in [0.5, 0.6) is 0 Å². The highest BCUT2D eigenvalue weighted by atomic mass is 16.5. The highest BCUT2D eigenvalue weighted by Gasteiger charge is 2.45. The highest BCUT2D eigenvalue weighted by Crippen LogP contribution is 2.25. The Morgan fingerprint density at radius 1 is 1.25 bits per heavy atom. The molecule has 2 heterocycles. The fourth-order valence-electron chi connectivity index (χ4n) is 2.25. The Hall–Kier alpha value is -0.650. The van der Waals surface area contributed by atoms with Crippen LogP contribution < -0.4 is 5.73 Å². The maximum absolute atomic E-state index is 12.4. The summed E-state index contributed by atoms with van der Waals surface area (Å²) in [5, 5.41) is 0. The lowest BCUT2D eigenvalue weighted by Gasteiger charge is -2.44. The molecule has 0 aromatic carbocycles. The smallest absolute Gasteiger partial charge is 0.245 e. The lowest BCUT2D eigenvalue weighted by molar-refractivity contribution is -0.152. The monoisotopic (exact) mass is 228 g/mol. The molecule has 5 nitrogen and oxygen atoms in total. The third kappa shape index (κ3) is 1.95. The van der Waals surface area contributed by atoms with E-state index in [1.54, 1.807) is 0 Å². The van der Waals surface area contributed by atoms with Gasteiger partial charge in [-0.25, -0.2) is 0 Å². The molecule has 1 unspecified atom stereocenters. The third-order valence-corrected chi connectivity index (χ3v) is 3.37. The van der Waals surface area contributed by atoms with Gasteiger partial charge >= 0.3 is 0 Å². The number of hydrogen-bond donors (Lipinski definition) is 1. The van der Waals surface area contributed by atoms with E-state index in [0.29, 0.717) is 39.4 Å². The van der Waals surface area contributed by atoms with Gasteiger partial charge in [0, 0.05) is 13.2 Å². The van der Waals surface area contributed by atoms with Crippen LogP contribution in [0.3, 0.4) is 0 Å². The predicted molar refractivity (Wildman–Crippen MR) is 59.0 cm³/mol. The molecule has 2 fully saturated rings. The molecule has 0 bridgehead atoms. The van der Waals surface area contributed by atoms with E-state index < -0.39 is 5.54 Å². The number of nitrogens with zero attached hydrogens (tertiary/aromatic N) is 1. The number of carbonyl (C=O) groups is 1. The van der Waals surface area contributed by atoms with E-state index in [1.165, 1.54) is 0 Å². The molecule has 0 aromatic rings. The van der Waals surface area contributed by atoms with Crippen molar-refractivity contribution in [2.24, 2.45) is 5.73 Å². The second-order valence-corrected chi connectivity index (χ2v) is 5.28. The Bertz CT molecular complexity index is 285. The Labute approximate surface area is 95.9 Å². The standard InChI is InChI=1S/C11H20N2O3/c1-10(2)7-16-6-4-13(10)9(14)11(12)3-5-15-8-11/h3-8,12H2,1-2H3. The normalized spacial score (nSPS) is 34.1. The number of hydrogen-bond acceptors (Lipinski definition) is 4. The number of nitrogens with two attached hydrogens (primary N) is 1. The maximum atomic E-state index is 12.4. The van der Waals surface area contributed by atoms with Crippen molar-refractivity contribution in [2.45, 2.75) is 31.3 Å². The average molecular weight is 228 g/mol. The first-order chi connectivity index (χ1) is 7.46. The molecule has 0 radical (unpaired) electrons. The second kappa shape index (κ2) is 3.98. The first-order valence-electron chi connectivity index (χ1n) is 5.72. The molecule has 5 heteroatoms. The Morgan fingerprint density at radius 2 is 1.94 bits per heavy atom. The van der Waals surface area contributed by atoms with Gasteiger partial charge in [0.15, 0.2) is 0 Å². The molecule has 2 aliphatic rings. The summed E-state index contributed by atoms with van der Waals surface area (Å²) in [6.45, 7) is 6.69. The van der Waals surface area contributed by atoms with Crippen LogP contribution in [-0.2, 0) is 14.3 Å². The van der Waals surface area contributed by atoms with E-state index in [-0.39, 0.29) is 11.4 Å². The van der Waals surface area contributed by atoms with Crippen LogP contribution in [0, 0.1) is 0 Å². The van der Waals surface area contributed by atoms with Gasteiger partial charge in [0.05, 0.1) is 25.4 Å². The SMILES string of the molecule is CC1(C)COCCN1C(=O)C1(N)CCOC1. The van der Waals surface area contributed by atoms with Crippen molar-refractivity contribution in [3.05, 3.63) is 0 Å². The minimum absolute atomic E-state index is 0.00157. The summed E-state index contributed by atoms with van der Waals surface area (Å²) in [4.78, 5) is 14.2.